The van der Waals surface area contributed by atoms with Crippen molar-refractivity contribution in [2.24, 2.45) is 0 Å². The van der Waals surface area contributed by atoms with E-state index in [1.165, 1.54) is 0 Å². The molecule has 1 N–H and O–H groups in total. The first-order valence-corrected chi connectivity index (χ1v) is 6.12. The van der Waals surface area contributed by atoms with Gasteiger partial charge in [-0.25, -0.2) is 4.79 Å². The van der Waals surface area contributed by atoms with E-state index in [2.05, 4.69) is 0 Å². The van der Waals surface area contributed by atoms with Gasteiger partial charge in [0.1, 0.15) is 11.2 Å². The summed E-state index contributed by atoms with van der Waals surface area (Å²) in [6.45, 7) is 7.13. The van der Waals surface area contributed by atoms with E-state index >= 15 is 0 Å². The molecule has 1 spiro atoms. The molecular weight excluding hydrogens is 222 g/mol. The summed E-state index contributed by atoms with van der Waals surface area (Å²) in [6.07, 6.45) is 0.558. The summed E-state index contributed by atoms with van der Waals surface area (Å²) in [5.74, 6) is 0. The molecule has 0 bridgehead atoms. The van der Waals surface area contributed by atoms with Crippen LogP contribution in [0.15, 0.2) is 0 Å². The fraction of sp³-hybridized carbons (Fsp3) is 0.917. The molecule has 0 aromatic carbocycles. The summed E-state index contributed by atoms with van der Waals surface area (Å²) < 4.78 is 10.9. The third-order valence-electron chi connectivity index (χ3n) is 3.30. The second-order valence-electron chi connectivity index (χ2n) is 5.87. The second-order valence-corrected chi connectivity index (χ2v) is 5.87. The fourth-order valence-corrected chi connectivity index (χ4v) is 2.41. The van der Waals surface area contributed by atoms with Crippen molar-refractivity contribution in [1.29, 1.82) is 0 Å². The Morgan fingerprint density at radius 3 is 2.76 bits per heavy atom. The maximum atomic E-state index is 11.9. The van der Waals surface area contributed by atoms with Gasteiger partial charge in [0.25, 0.3) is 0 Å². The van der Waals surface area contributed by atoms with Crippen molar-refractivity contribution in [3.8, 4) is 0 Å². The molecule has 0 aliphatic carbocycles. The predicted octanol–water partition coefficient (Wildman–Crippen LogP) is 1.15. The zero-order chi connectivity index (χ0) is 12.7. The monoisotopic (exact) mass is 243 g/mol. The summed E-state index contributed by atoms with van der Waals surface area (Å²) >= 11 is 0. The highest BCUT2D eigenvalue weighted by atomic mass is 16.6. The molecule has 2 fully saturated rings. The van der Waals surface area contributed by atoms with Crippen LogP contribution in [0.25, 0.3) is 0 Å². The summed E-state index contributed by atoms with van der Waals surface area (Å²) in [5, 5.41) is 9.91. The number of aliphatic hydroxyl groups is 1. The third-order valence-corrected chi connectivity index (χ3v) is 3.30. The molecule has 0 saturated carbocycles. The minimum atomic E-state index is -0.545. The molecule has 1 amide bonds. The summed E-state index contributed by atoms with van der Waals surface area (Å²) in [7, 11) is 0. The number of aliphatic hydroxyl groups excluding tert-OH is 1. The van der Waals surface area contributed by atoms with Gasteiger partial charge in [0, 0.05) is 6.54 Å². The van der Waals surface area contributed by atoms with Gasteiger partial charge in [-0.1, -0.05) is 0 Å². The molecule has 5 heteroatoms. The van der Waals surface area contributed by atoms with Crippen molar-refractivity contribution in [2.45, 2.75) is 50.9 Å². The molecule has 0 aromatic rings. The molecule has 17 heavy (non-hydrogen) atoms. The van der Waals surface area contributed by atoms with Gasteiger partial charge in [0.2, 0.25) is 0 Å². The highest BCUT2D eigenvalue weighted by Crippen LogP contribution is 2.35. The van der Waals surface area contributed by atoms with Gasteiger partial charge in [-0.2, -0.15) is 0 Å². The first-order valence-electron chi connectivity index (χ1n) is 6.12. The van der Waals surface area contributed by atoms with Crippen LogP contribution in [0.1, 0.15) is 33.6 Å². The number of hydrogen-bond acceptors (Lipinski definition) is 4. The maximum Gasteiger partial charge on any atom is 0.410 e. The fourth-order valence-electron chi connectivity index (χ4n) is 2.41. The van der Waals surface area contributed by atoms with Crippen LogP contribution in [0.4, 0.5) is 4.79 Å². The Bertz CT molecular complexity index is 312. The van der Waals surface area contributed by atoms with E-state index in [4.69, 9.17) is 9.47 Å². The normalized spacial score (nSPS) is 33.4. The topological polar surface area (TPSA) is 59.0 Å². The molecule has 2 unspecified atom stereocenters. The summed E-state index contributed by atoms with van der Waals surface area (Å²) in [4.78, 5) is 13.5. The number of nitrogens with zero attached hydrogens (tertiary/aromatic N) is 1. The molecule has 2 aliphatic heterocycles. The van der Waals surface area contributed by atoms with Gasteiger partial charge < -0.3 is 19.5 Å². The molecule has 0 aromatic heterocycles. The highest BCUT2D eigenvalue weighted by molar-refractivity contribution is 5.68. The Labute approximate surface area is 102 Å². The van der Waals surface area contributed by atoms with Gasteiger partial charge >= 0.3 is 6.09 Å². The summed E-state index contributed by atoms with van der Waals surface area (Å²) in [5.41, 5.74) is -1.03. The number of hydrogen-bond donors (Lipinski definition) is 1. The molecule has 2 aliphatic rings. The molecule has 2 saturated heterocycles. The van der Waals surface area contributed by atoms with E-state index in [1.807, 2.05) is 20.8 Å². The van der Waals surface area contributed by atoms with Gasteiger partial charge in [-0.15, -0.1) is 0 Å². The molecule has 0 radical (unpaired) electrons. The lowest BCUT2D eigenvalue weighted by atomic mass is 9.96. The number of likely N-dealkylation sites (tertiary alicyclic amines) is 1. The first kappa shape index (κ1) is 12.6. The van der Waals surface area contributed by atoms with Crippen LogP contribution >= 0.6 is 0 Å². The SMILES string of the molecule is CC(C)(C)OC(=O)N1CCC2(C1)OCCC2O. The van der Waals surface area contributed by atoms with Gasteiger partial charge in [0.05, 0.1) is 19.3 Å². The van der Waals surface area contributed by atoms with E-state index in [-0.39, 0.29) is 6.09 Å². The third kappa shape index (κ3) is 2.55. The second kappa shape index (κ2) is 4.14. The van der Waals surface area contributed by atoms with Crippen LogP contribution in [0.3, 0.4) is 0 Å². The number of ether oxygens (including phenoxy) is 2. The van der Waals surface area contributed by atoms with Crippen molar-refractivity contribution < 1.29 is 19.4 Å². The Hall–Kier alpha value is -0.810. The van der Waals surface area contributed by atoms with Crippen LogP contribution in [-0.2, 0) is 9.47 Å². The standard InChI is InChI=1S/C12H21NO4/c1-11(2,3)17-10(15)13-6-5-12(8-13)9(14)4-7-16-12/h9,14H,4-8H2,1-3H3. The average molecular weight is 243 g/mol. The van der Waals surface area contributed by atoms with E-state index < -0.39 is 17.3 Å². The first-order chi connectivity index (χ1) is 7.82. The molecular formula is C12H21NO4. The Morgan fingerprint density at radius 1 is 1.53 bits per heavy atom. The van der Waals surface area contributed by atoms with Crippen molar-refractivity contribution in [2.75, 3.05) is 19.7 Å². The van der Waals surface area contributed by atoms with Crippen LogP contribution in [-0.4, -0.2) is 53.1 Å². The molecule has 98 valence electrons. The van der Waals surface area contributed by atoms with E-state index in [9.17, 15) is 9.90 Å². The van der Waals surface area contributed by atoms with E-state index in [1.54, 1.807) is 4.90 Å². The number of rotatable bonds is 0. The van der Waals surface area contributed by atoms with Crippen molar-refractivity contribution >= 4 is 6.09 Å². The lowest BCUT2D eigenvalue weighted by Crippen LogP contribution is -2.44. The van der Waals surface area contributed by atoms with Crippen LogP contribution in [0, 0.1) is 0 Å². The quantitative estimate of drug-likeness (QED) is 0.693. The minimum Gasteiger partial charge on any atom is -0.444 e. The summed E-state index contributed by atoms with van der Waals surface area (Å²) in [6, 6.07) is 0. The molecule has 5 nitrogen and oxygen atoms in total. The van der Waals surface area contributed by atoms with Crippen LogP contribution in [0.2, 0.25) is 0 Å². The molecule has 2 rings (SSSR count). The highest BCUT2D eigenvalue weighted by Gasteiger charge is 2.50. The van der Waals surface area contributed by atoms with Crippen LogP contribution < -0.4 is 0 Å². The minimum absolute atomic E-state index is 0.322. The van der Waals surface area contributed by atoms with Crippen LogP contribution in [0.5, 0.6) is 0 Å². The van der Waals surface area contributed by atoms with Gasteiger partial charge in [-0.05, 0) is 33.6 Å². The Balaban J connectivity index is 1.96. The Morgan fingerprint density at radius 2 is 2.24 bits per heavy atom. The number of amides is 1. The van der Waals surface area contributed by atoms with Crippen molar-refractivity contribution in [1.82, 2.24) is 4.90 Å². The van der Waals surface area contributed by atoms with Gasteiger partial charge in [0.15, 0.2) is 0 Å². The smallest absolute Gasteiger partial charge is 0.410 e. The molecule has 2 atom stereocenters. The molecule has 2 heterocycles. The maximum absolute atomic E-state index is 11.9. The zero-order valence-electron chi connectivity index (χ0n) is 10.7. The zero-order valence-corrected chi connectivity index (χ0v) is 10.7. The van der Waals surface area contributed by atoms with E-state index in [0.29, 0.717) is 32.5 Å². The van der Waals surface area contributed by atoms with E-state index in [0.717, 1.165) is 0 Å². The number of carbonyl (C=O) groups is 1. The Kier molecular flexibility index (Phi) is 3.08. The lowest BCUT2D eigenvalue weighted by molar-refractivity contribution is -0.0503. The predicted molar refractivity (Wildman–Crippen MR) is 61.7 cm³/mol. The lowest BCUT2D eigenvalue weighted by Gasteiger charge is -2.28. The average Bonchev–Trinajstić information content (AvgIpc) is 2.74. The number of carbonyl (C=O) groups excluding carboxylic acids is 1. The van der Waals surface area contributed by atoms with Gasteiger partial charge in [-0.3, -0.25) is 0 Å². The largest absolute Gasteiger partial charge is 0.444 e. The van der Waals surface area contributed by atoms with Crippen molar-refractivity contribution in [3.63, 3.8) is 0 Å². The van der Waals surface area contributed by atoms with Crippen molar-refractivity contribution in [3.05, 3.63) is 0 Å².